The first-order valence-corrected chi connectivity index (χ1v) is 27.3. The van der Waals surface area contributed by atoms with Crippen LogP contribution in [0.5, 0.6) is 0 Å². The highest BCUT2D eigenvalue weighted by Crippen LogP contribution is 2.66. The number of fused-ring (bicyclic) bond motifs is 14. The van der Waals surface area contributed by atoms with Gasteiger partial charge in [0.25, 0.3) is 0 Å². The van der Waals surface area contributed by atoms with Gasteiger partial charge in [-0.3, -0.25) is 4.98 Å². The molecule has 2 aliphatic rings. The van der Waals surface area contributed by atoms with Crippen LogP contribution in [0, 0.1) is 0 Å². The Balaban J connectivity index is 1.06. The Morgan fingerprint density at radius 2 is 0.833 bits per heavy atom. The average Bonchev–Trinajstić information content (AvgIpc) is 4.26. The van der Waals surface area contributed by atoms with E-state index in [4.69, 9.17) is 4.42 Å². The number of nitrogens with zero attached hydrogens (tertiary/aromatic N) is 3. The van der Waals surface area contributed by atoms with Gasteiger partial charge in [-0.1, -0.05) is 205 Å². The molecule has 4 nitrogen and oxygen atoms in total. The largest absolute Gasteiger partial charge is 0.454 e. The maximum atomic E-state index is 7.34. The summed E-state index contributed by atoms with van der Waals surface area (Å²) in [5.74, 6) is 0. The molecule has 78 heavy (non-hydrogen) atoms. The molecule has 0 amide bonds. The van der Waals surface area contributed by atoms with Crippen LogP contribution >= 0.6 is 0 Å². The molecule has 14 rings (SSSR count). The summed E-state index contributed by atoms with van der Waals surface area (Å²) in [5, 5.41) is 2.06. The highest BCUT2D eigenvalue weighted by molar-refractivity contribution is 6.19. The van der Waals surface area contributed by atoms with Gasteiger partial charge in [-0.15, -0.1) is 0 Å². The van der Waals surface area contributed by atoms with E-state index in [1.54, 1.807) is 0 Å². The molecule has 2 aliphatic carbocycles. The van der Waals surface area contributed by atoms with Gasteiger partial charge >= 0.3 is 0 Å². The molecule has 0 atom stereocenters. The van der Waals surface area contributed by atoms with E-state index in [0.29, 0.717) is 0 Å². The molecule has 2 aromatic heterocycles. The van der Waals surface area contributed by atoms with Gasteiger partial charge in [0.15, 0.2) is 5.58 Å². The number of hydrogen-bond donors (Lipinski definition) is 0. The molecular weight excluding hydrogens is 947 g/mol. The molecule has 0 unspecified atom stereocenters. The predicted molar refractivity (Wildman–Crippen MR) is 325 cm³/mol. The molecular formula is C74H59N3O. The van der Waals surface area contributed by atoms with E-state index in [-0.39, 0.29) is 10.8 Å². The quantitative estimate of drug-likeness (QED) is 0.152. The maximum Gasteiger partial charge on any atom is 0.153 e. The van der Waals surface area contributed by atoms with E-state index < -0.39 is 5.41 Å². The Morgan fingerprint density at radius 3 is 1.35 bits per heavy atom. The van der Waals surface area contributed by atoms with Crippen LogP contribution in [0.1, 0.15) is 74.9 Å². The number of rotatable bonds is 8. The second-order valence-corrected chi connectivity index (χ2v) is 23.2. The zero-order valence-corrected chi connectivity index (χ0v) is 44.9. The van der Waals surface area contributed by atoms with Crippen molar-refractivity contribution in [2.24, 2.45) is 0 Å². The summed E-state index contributed by atoms with van der Waals surface area (Å²) < 4.78 is 7.34. The third-order valence-corrected chi connectivity index (χ3v) is 16.5. The molecule has 12 aromatic rings. The molecule has 0 bridgehead atoms. The van der Waals surface area contributed by atoms with Crippen molar-refractivity contribution in [2.75, 3.05) is 9.80 Å². The van der Waals surface area contributed by atoms with Gasteiger partial charge in [-0.05, 0) is 156 Å². The Bertz CT molecular complexity index is 4190. The Hall–Kier alpha value is -9.25. The first kappa shape index (κ1) is 47.2. The van der Waals surface area contributed by atoms with E-state index in [1.165, 1.54) is 61.2 Å². The number of furan rings is 1. The Morgan fingerprint density at radius 1 is 0.385 bits per heavy atom. The summed E-state index contributed by atoms with van der Waals surface area (Å²) in [4.78, 5) is 9.54. The van der Waals surface area contributed by atoms with Crippen LogP contribution in [0.25, 0.3) is 66.4 Å². The highest BCUT2D eigenvalue weighted by Gasteiger charge is 2.53. The van der Waals surface area contributed by atoms with Crippen molar-refractivity contribution in [1.29, 1.82) is 0 Å². The van der Waals surface area contributed by atoms with Crippen molar-refractivity contribution in [1.82, 2.24) is 4.98 Å². The lowest BCUT2D eigenvalue weighted by Crippen LogP contribution is -2.26. The lowest BCUT2D eigenvalue weighted by atomic mass is 9.70. The van der Waals surface area contributed by atoms with Gasteiger partial charge in [-0.2, -0.15) is 0 Å². The van der Waals surface area contributed by atoms with Crippen molar-refractivity contribution in [3.63, 3.8) is 0 Å². The topological polar surface area (TPSA) is 32.5 Å². The van der Waals surface area contributed by atoms with Crippen LogP contribution < -0.4 is 9.80 Å². The number of hydrogen-bond acceptors (Lipinski definition) is 4. The summed E-state index contributed by atoms with van der Waals surface area (Å²) in [5.41, 5.74) is 24.2. The van der Waals surface area contributed by atoms with Gasteiger partial charge in [0, 0.05) is 45.6 Å². The Labute approximate surface area is 457 Å². The fourth-order valence-electron chi connectivity index (χ4n) is 12.6. The van der Waals surface area contributed by atoms with Gasteiger partial charge in [0.1, 0.15) is 5.58 Å². The lowest BCUT2D eigenvalue weighted by Gasteiger charge is -2.33. The molecule has 0 saturated heterocycles. The molecule has 1 spiro atoms. The molecule has 0 aliphatic heterocycles. The third kappa shape index (κ3) is 7.45. The van der Waals surface area contributed by atoms with E-state index in [1.807, 2.05) is 12.4 Å². The van der Waals surface area contributed by atoms with E-state index in [9.17, 15) is 0 Å². The average molecular weight is 1010 g/mol. The zero-order valence-electron chi connectivity index (χ0n) is 44.9. The normalized spacial score (nSPS) is 13.1. The second kappa shape index (κ2) is 17.9. The minimum absolute atomic E-state index is 0.00362. The van der Waals surface area contributed by atoms with Crippen LogP contribution in [-0.4, -0.2) is 4.98 Å². The summed E-state index contributed by atoms with van der Waals surface area (Å²) in [6.45, 7) is 13.7. The molecule has 4 heteroatoms. The van der Waals surface area contributed by atoms with Crippen LogP contribution in [0.2, 0.25) is 0 Å². The highest BCUT2D eigenvalue weighted by atomic mass is 16.3. The fourth-order valence-corrected chi connectivity index (χ4v) is 12.6. The van der Waals surface area contributed by atoms with Crippen molar-refractivity contribution in [3.05, 3.63) is 282 Å². The van der Waals surface area contributed by atoms with Gasteiger partial charge in [-0.25, -0.2) is 0 Å². The summed E-state index contributed by atoms with van der Waals surface area (Å²) in [7, 11) is 0. The van der Waals surface area contributed by atoms with E-state index in [2.05, 4.69) is 293 Å². The summed E-state index contributed by atoms with van der Waals surface area (Å²) >= 11 is 0. The monoisotopic (exact) mass is 1010 g/mol. The zero-order chi connectivity index (χ0) is 52.9. The summed E-state index contributed by atoms with van der Waals surface area (Å²) in [6.07, 6.45) is 3.77. The SMILES string of the molecule is CC(C)(C)c1ccc(N(c2ccc(-c3ccccc3)cc2)c2ccc3c(c2)C2(c4ccccc4-c4ccccc42)c2cc(N(c4ccc(-c5ccccc5)cc4)c4ccc(C(C)(C)C)cc4)c4c(oc5cnccc54)c2-3)cc1. The van der Waals surface area contributed by atoms with E-state index in [0.717, 1.165) is 72.8 Å². The van der Waals surface area contributed by atoms with Gasteiger partial charge in [0.05, 0.1) is 22.7 Å². The first-order valence-electron chi connectivity index (χ1n) is 27.3. The van der Waals surface area contributed by atoms with Crippen molar-refractivity contribution < 1.29 is 4.42 Å². The molecule has 0 N–H and O–H groups in total. The Kier molecular flexibility index (Phi) is 10.9. The molecule has 0 saturated carbocycles. The second-order valence-electron chi connectivity index (χ2n) is 23.2. The number of anilines is 6. The van der Waals surface area contributed by atoms with Gasteiger partial charge < -0.3 is 14.2 Å². The molecule has 0 fully saturated rings. The van der Waals surface area contributed by atoms with Crippen LogP contribution in [-0.2, 0) is 16.2 Å². The number of aromatic nitrogens is 1. The standard InChI is InChI=1S/C74H59N3O/c1-72(2,3)52-29-37-55(38-30-52)76(54-33-25-50(26-34-54)48-17-9-7-10-18-48)58-41-42-61-65(45-58)74(63-23-15-13-21-59(63)60-22-14-16-24-64(60)74)66-46-67(70-62-43-44-75-47-68(62)78-71(70)69(61)66)77(57-39-31-53(32-40-57)73(4,5)6)56-35-27-51(28-36-56)49-19-11-8-12-20-49/h7-47H,1-6H3. The smallest absolute Gasteiger partial charge is 0.153 e. The maximum absolute atomic E-state index is 7.34. The molecule has 376 valence electrons. The van der Waals surface area contributed by atoms with Crippen LogP contribution in [0.15, 0.2) is 253 Å². The van der Waals surface area contributed by atoms with Gasteiger partial charge in [0.2, 0.25) is 0 Å². The number of benzene rings is 10. The minimum Gasteiger partial charge on any atom is -0.454 e. The van der Waals surface area contributed by atoms with Crippen molar-refractivity contribution >= 4 is 56.1 Å². The third-order valence-electron chi connectivity index (χ3n) is 16.5. The number of pyridine rings is 1. The van der Waals surface area contributed by atoms with Crippen LogP contribution in [0.4, 0.5) is 34.1 Å². The first-order chi connectivity index (χ1) is 37.9. The lowest BCUT2D eigenvalue weighted by molar-refractivity contribution is 0.590. The fraction of sp³-hybridized carbons (Fsp3) is 0.122. The van der Waals surface area contributed by atoms with Crippen molar-refractivity contribution in [2.45, 2.75) is 57.8 Å². The summed E-state index contributed by atoms with van der Waals surface area (Å²) in [6, 6.07) is 87.7. The minimum atomic E-state index is -0.730. The van der Waals surface area contributed by atoms with Crippen LogP contribution in [0.3, 0.4) is 0 Å². The predicted octanol–water partition coefficient (Wildman–Crippen LogP) is 20.2. The van der Waals surface area contributed by atoms with Crippen molar-refractivity contribution in [3.8, 4) is 44.5 Å². The molecule has 2 heterocycles. The molecule has 0 radical (unpaired) electrons. The molecule has 10 aromatic carbocycles. The van der Waals surface area contributed by atoms with E-state index >= 15 is 0 Å².